The minimum absolute atomic E-state index is 0.257. The predicted octanol–water partition coefficient (Wildman–Crippen LogP) is 3.30. The fourth-order valence-electron chi connectivity index (χ4n) is 3.00. The maximum atomic E-state index is 6.29. The summed E-state index contributed by atoms with van der Waals surface area (Å²) in [6, 6.07) is 9.27. The van der Waals surface area contributed by atoms with Crippen LogP contribution in [0.4, 0.5) is 0 Å². The molecule has 0 bridgehead atoms. The maximum Gasteiger partial charge on any atom is 0.0954 e. The van der Waals surface area contributed by atoms with Gasteiger partial charge < -0.3 is 10.3 Å². The predicted molar refractivity (Wildman–Crippen MR) is 77.9 cm³/mol. The van der Waals surface area contributed by atoms with E-state index in [0.717, 1.165) is 12.8 Å². The third-order valence-corrected chi connectivity index (χ3v) is 4.15. The Morgan fingerprint density at radius 1 is 1.16 bits per heavy atom. The lowest BCUT2D eigenvalue weighted by atomic mass is 9.90. The van der Waals surface area contributed by atoms with Gasteiger partial charge in [0.25, 0.3) is 0 Å². The number of hydrogen-bond donors (Lipinski definition) is 1. The highest BCUT2D eigenvalue weighted by molar-refractivity contribution is 5.59. The van der Waals surface area contributed by atoms with Gasteiger partial charge in [0.1, 0.15) is 0 Å². The van der Waals surface area contributed by atoms with Gasteiger partial charge in [-0.3, -0.25) is 0 Å². The summed E-state index contributed by atoms with van der Waals surface area (Å²) < 4.78 is 2.27. The molecule has 19 heavy (non-hydrogen) atoms. The first kappa shape index (κ1) is 12.4. The number of nitrogens with two attached hydrogens (primary N) is 1. The van der Waals surface area contributed by atoms with Crippen LogP contribution in [0.1, 0.15) is 37.3 Å². The van der Waals surface area contributed by atoms with E-state index in [-0.39, 0.29) is 6.04 Å². The molecule has 1 fully saturated rings. The molecule has 3 nitrogen and oxygen atoms in total. The van der Waals surface area contributed by atoms with Gasteiger partial charge in [-0.1, -0.05) is 42.7 Å². The number of benzene rings is 1. The molecule has 1 aliphatic rings. The molecule has 0 amide bonds. The summed E-state index contributed by atoms with van der Waals surface area (Å²) in [7, 11) is 0. The second kappa shape index (κ2) is 5.17. The number of aromatic nitrogens is 2. The van der Waals surface area contributed by atoms with Crippen LogP contribution in [0.15, 0.2) is 36.8 Å². The average molecular weight is 255 g/mol. The lowest BCUT2D eigenvalue weighted by Gasteiger charge is -2.30. The van der Waals surface area contributed by atoms with Crippen molar-refractivity contribution in [1.29, 1.82) is 0 Å². The lowest BCUT2D eigenvalue weighted by molar-refractivity contribution is 0.308. The molecule has 2 aromatic rings. The standard InChI is InChI=1S/C16H21N3/c1-12-6-8-13(9-7-12)16-10-18-11-19(16)15-5-3-2-4-14(15)17/h6-11,14-15H,2-5,17H2,1H3/t14-,15-/m1/s1. The van der Waals surface area contributed by atoms with Crippen molar-refractivity contribution in [3.05, 3.63) is 42.4 Å². The Balaban J connectivity index is 1.95. The zero-order valence-corrected chi connectivity index (χ0v) is 11.4. The summed E-state index contributed by atoms with van der Waals surface area (Å²) in [4.78, 5) is 4.34. The molecule has 1 saturated carbocycles. The zero-order valence-electron chi connectivity index (χ0n) is 11.4. The molecule has 0 saturated heterocycles. The minimum atomic E-state index is 0.257. The summed E-state index contributed by atoms with van der Waals surface area (Å²) in [5, 5.41) is 0. The fraction of sp³-hybridized carbons (Fsp3) is 0.438. The summed E-state index contributed by atoms with van der Waals surface area (Å²) in [6.07, 6.45) is 8.69. The van der Waals surface area contributed by atoms with Crippen LogP contribution < -0.4 is 5.73 Å². The first-order valence-corrected chi connectivity index (χ1v) is 7.10. The fourth-order valence-corrected chi connectivity index (χ4v) is 3.00. The van der Waals surface area contributed by atoms with Gasteiger partial charge in [0.2, 0.25) is 0 Å². The molecule has 1 aromatic heterocycles. The van der Waals surface area contributed by atoms with E-state index in [1.165, 1.54) is 29.7 Å². The zero-order chi connectivity index (χ0) is 13.2. The summed E-state index contributed by atoms with van der Waals surface area (Å²) in [6.45, 7) is 2.11. The van der Waals surface area contributed by atoms with Crippen molar-refractivity contribution in [2.24, 2.45) is 5.73 Å². The monoisotopic (exact) mass is 255 g/mol. The van der Waals surface area contributed by atoms with Crippen molar-refractivity contribution in [1.82, 2.24) is 9.55 Å². The van der Waals surface area contributed by atoms with E-state index < -0.39 is 0 Å². The molecule has 0 unspecified atom stereocenters. The Kier molecular flexibility index (Phi) is 3.38. The van der Waals surface area contributed by atoms with Crippen LogP contribution in [0, 0.1) is 6.92 Å². The van der Waals surface area contributed by atoms with Crippen molar-refractivity contribution in [2.45, 2.75) is 44.7 Å². The van der Waals surface area contributed by atoms with E-state index in [4.69, 9.17) is 5.73 Å². The highest BCUT2D eigenvalue weighted by Crippen LogP contribution is 2.31. The molecule has 0 radical (unpaired) electrons. The van der Waals surface area contributed by atoms with Gasteiger partial charge in [0.05, 0.1) is 24.3 Å². The molecule has 1 aromatic carbocycles. The number of nitrogens with zero attached hydrogens (tertiary/aromatic N) is 2. The molecule has 0 spiro atoms. The van der Waals surface area contributed by atoms with E-state index in [1.54, 1.807) is 0 Å². The third kappa shape index (κ3) is 2.43. The second-order valence-electron chi connectivity index (χ2n) is 5.57. The largest absolute Gasteiger partial charge is 0.326 e. The quantitative estimate of drug-likeness (QED) is 0.894. The van der Waals surface area contributed by atoms with Crippen molar-refractivity contribution in [3.63, 3.8) is 0 Å². The van der Waals surface area contributed by atoms with Crippen LogP contribution in [0.2, 0.25) is 0 Å². The SMILES string of the molecule is Cc1ccc(-c2cncn2[C@@H]2CCCC[C@H]2N)cc1. The topological polar surface area (TPSA) is 43.8 Å². The van der Waals surface area contributed by atoms with Crippen molar-refractivity contribution < 1.29 is 0 Å². The Bertz CT molecular complexity index is 541. The highest BCUT2D eigenvalue weighted by Gasteiger charge is 2.24. The van der Waals surface area contributed by atoms with Gasteiger partial charge in [0.15, 0.2) is 0 Å². The normalized spacial score (nSPS) is 23.5. The van der Waals surface area contributed by atoms with Crippen LogP contribution in [-0.2, 0) is 0 Å². The Morgan fingerprint density at radius 3 is 2.63 bits per heavy atom. The Labute approximate surface area is 114 Å². The van der Waals surface area contributed by atoms with E-state index in [9.17, 15) is 0 Å². The molecule has 0 aliphatic heterocycles. The number of aryl methyl sites for hydroxylation is 1. The Morgan fingerprint density at radius 2 is 1.89 bits per heavy atom. The molecule has 1 aliphatic carbocycles. The number of imidazole rings is 1. The highest BCUT2D eigenvalue weighted by atomic mass is 15.1. The van der Waals surface area contributed by atoms with Gasteiger partial charge >= 0.3 is 0 Å². The average Bonchev–Trinajstić information content (AvgIpc) is 2.89. The summed E-state index contributed by atoms with van der Waals surface area (Å²) >= 11 is 0. The second-order valence-corrected chi connectivity index (χ2v) is 5.57. The smallest absolute Gasteiger partial charge is 0.0954 e. The molecule has 2 N–H and O–H groups in total. The molecule has 3 heteroatoms. The van der Waals surface area contributed by atoms with Gasteiger partial charge in [-0.15, -0.1) is 0 Å². The summed E-state index contributed by atoms with van der Waals surface area (Å²) in [5.41, 5.74) is 9.98. The number of hydrogen-bond acceptors (Lipinski definition) is 2. The van der Waals surface area contributed by atoms with Crippen LogP contribution in [0.25, 0.3) is 11.3 Å². The first-order chi connectivity index (χ1) is 9.25. The maximum absolute atomic E-state index is 6.29. The Hall–Kier alpha value is -1.61. The molecule has 3 rings (SSSR count). The summed E-state index contributed by atoms with van der Waals surface area (Å²) in [5.74, 6) is 0. The van der Waals surface area contributed by atoms with E-state index >= 15 is 0 Å². The van der Waals surface area contributed by atoms with Crippen molar-refractivity contribution in [3.8, 4) is 11.3 Å². The third-order valence-electron chi connectivity index (χ3n) is 4.15. The van der Waals surface area contributed by atoms with Crippen LogP contribution in [0.3, 0.4) is 0 Å². The van der Waals surface area contributed by atoms with Gasteiger partial charge in [-0.05, 0) is 25.3 Å². The van der Waals surface area contributed by atoms with Crippen molar-refractivity contribution in [2.75, 3.05) is 0 Å². The van der Waals surface area contributed by atoms with Gasteiger partial charge in [-0.2, -0.15) is 0 Å². The van der Waals surface area contributed by atoms with Gasteiger partial charge in [0, 0.05) is 6.04 Å². The van der Waals surface area contributed by atoms with Crippen LogP contribution >= 0.6 is 0 Å². The molecular formula is C16H21N3. The molecule has 100 valence electrons. The first-order valence-electron chi connectivity index (χ1n) is 7.10. The lowest BCUT2D eigenvalue weighted by Crippen LogP contribution is -2.35. The van der Waals surface area contributed by atoms with E-state index in [0.29, 0.717) is 6.04 Å². The molecular weight excluding hydrogens is 234 g/mol. The minimum Gasteiger partial charge on any atom is -0.326 e. The van der Waals surface area contributed by atoms with Gasteiger partial charge in [-0.25, -0.2) is 4.98 Å². The number of rotatable bonds is 2. The molecule has 2 atom stereocenters. The van der Waals surface area contributed by atoms with Crippen LogP contribution in [-0.4, -0.2) is 15.6 Å². The van der Waals surface area contributed by atoms with E-state index in [2.05, 4.69) is 40.7 Å². The van der Waals surface area contributed by atoms with Crippen LogP contribution in [0.5, 0.6) is 0 Å². The van der Waals surface area contributed by atoms with Crippen molar-refractivity contribution >= 4 is 0 Å². The van der Waals surface area contributed by atoms with E-state index in [1.807, 2.05) is 12.5 Å². The molecule has 1 heterocycles.